The Kier molecular flexibility index (Phi) is 6.33. The molecule has 28 heavy (non-hydrogen) atoms. The highest BCUT2D eigenvalue weighted by atomic mass is 35.5. The number of rotatable bonds is 5. The third-order valence-corrected chi connectivity index (χ3v) is 5.02. The standard InChI is InChI=1S/C19H18ClN5O2S/c1-12-3-9-16(10-4-12)25-13(2)21-24-19(25)28-11-17(26)22-23-18(27)14-5-7-15(20)8-6-14/h3-10H,11H2,1-2H3,(H,22,26)(H,23,27). The number of thioether (sulfide) groups is 1. The van der Waals surface area contributed by atoms with Crippen LogP contribution in [0.5, 0.6) is 0 Å². The number of nitrogens with one attached hydrogen (secondary N) is 2. The molecule has 0 atom stereocenters. The van der Waals surface area contributed by atoms with Crippen molar-refractivity contribution in [2.75, 3.05) is 5.75 Å². The summed E-state index contributed by atoms with van der Waals surface area (Å²) in [7, 11) is 0. The van der Waals surface area contributed by atoms with E-state index in [-0.39, 0.29) is 11.7 Å². The molecule has 3 rings (SSSR count). The molecule has 0 aliphatic carbocycles. The van der Waals surface area contributed by atoms with Gasteiger partial charge >= 0.3 is 0 Å². The smallest absolute Gasteiger partial charge is 0.269 e. The van der Waals surface area contributed by atoms with Crippen LogP contribution in [-0.4, -0.2) is 32.3 Å². The number of carbonyl (C=O) groups is 2. The number of amides is 2. The van der Waals surface area contributed by atoms with Gasteiger partial charge in [-0.2, -0.15) is 0 Å². The van der Waals surface area contributed by atoms with Gasteiger partial charge in [0.25, 0.3) is 5.91 Å². The number of hydrogen-bond donors (Lipinski definition) is 2. The van der Waals surface area contributed by atoms with Gasteiger partial charge < -0.3 is 0 Å². The van der Waals surface area contributed by atoms with Gasteiger partial charge in [-0.3, -0.25) is 25.0 Å². The van der Waals surface area contributed by atoms with Crippen LogP contribution in [-0.2, 0) is 4.79 Å². The molecule has 9 heteroatoms. The molecule has 144 valence electrons. The molecule has 0 saturated heterocycles. The van der Waals surface area contributed by atoms with Gasteiger partial charge in [-0.15, -0.1) is 10.2 Å². The molecule has 7 nitrogen and oxygen atoms in total. The van der Waals surface area contributed by atoms with Gasteiger partial charge in [0.2, 0.25) is 5.91 Å². The summed E-state index contributed by atoms with van der Waals surface area (Å²) in [6.07, 6.45) is 0. The first-order valence-electron chi connectivity index (χ1n) is 8.40. The summed E-state index contributed by atoms with van der Waals surface area (Å²) in [5.41, 5.74) is 7.23. The van der Waals surface area contributed by atoms with Crippen LogP contribution in [0.4, 0.5) is 0 Å². The van der Waals surface area contributed by atoms with E-state index in [0.29, 0.717) is 15.7 Å². The average Bonchev–Trinajstić information content (AvgIpc) is 3.06. The fourth-order valence-electron chi connectivity index (χ4n) is 2.39. The third-order valence-electron chi connectivity index (χ3n) is 3.84. The SMILES string of the molecule is Cc1ccc(-n2c(C)nnc2SCC(=O)NNC(=O)c2ccc(Cl)cc2)cc1. The van der Waals surface area contributed by atoms with Crippen LogP contribution >= 0.6 is 23.4 Å². The second-order valence-corrected chi connectivity index (χ2v) is 7.38. The molecule has 1 heterocycles. The van der Waals surface area contributed by atoms with Crippen molar-refractivity contribution in [2.24, 2.45) is 0 Å². The number of aromatic nitrogens is 3. The fraction of sp³-hybridized carbons (Fsp3) is 0.158. The van der Waals surface area contributed by atoms with Crippen molar-refractivity contribution in [2.45, 2.75) is 19.0 Å². The molecule has 0 aliphatic heterocycles. The number of benzene rings is 2. The van der Waals surface area contributed by atoms with Gasteiger partial charge in [-0.05, 0) is 50.2 Å². The number of hydrazine groups is 1. The van der Waals surface area contributed by atoms with Crippen molar-refractivity contribution in [1.29, 1.82) is 0 Å². The van der Waals surface area contributed by atoms with Gasteiger partial charge in [0.15, 0.2) is 5.16 Å². The zero-order valence-corrected chi connectivity index (χ0v) is 16.8. The highest BCUT2D eigenvalue weighted by molar-refractivity contribution is 7.99. The zero-order chi connectivity index (χ0) is 20.1. The predicted molar refractivity (Wildman–Crippen MR) is 109 cm³/mol. The summed E-state index contributed by atoms with van der Waals surface area (Å²) in [5.74, 6) is 0.0187. The minimum Gasteiger partial charge on any atom is -0.274 e. The van der Waals surface area contributed by atoms with Crippen molar-refractivity contribution in [3.63, 3.8) is 0 Å². The van der Waals surface area contributed by atoms with E-state index in [1.54, 1.807) is 24.3 Å². The zero-order valence-electron chi connectivity index (χ0n) is 15.3. The largest absolute Gasteiger partial charge is 0.274 e. The Morgan fingerprint density at radius 2 is 1.68 bits per heavy atom. The van der Waals surface area contributed by atoms with Crippen LogP contribution in [0.3, 0.4) is 0 Å². The molecular formula is C19H18ClN5O2S. The first kappa shape index (κ1) is 19.9. The van der Waals surface area contributed by atoms with E-state index >= 15 is 0 Å². The van der Waals surface area contributed by atoms with Crippen LogP contribution in [0, 0.1) is 13.8 Å². The summed E-state index contributed by atoms with van der Waals surface area (Å²) < 4.78 is 1.88. The Labute approximate surface area is 171 Å². The van der Waals surface area contributed by atoms with Crippen molar-refractivity contribution >= 4 is 35.2 Å². The lowest BCUT2D eigenvalue weighted by Gasteiger charge is -2.09. The minimum atomic E-state index is -0.423. The van der Waals surface area contributed by atoms with E-state index in [1.807, 2.05) is 42.7 Å². The summed E-state index contributed by atoms with van der Waals surface area (Å²) in [5, 5.41) is 9.36. The van der Waals surface area contributed by atoms with Crippen LogP contribution < -0.4 is 10.9 Å². The molecule has 2 aromatic carbocycles. The Morgan fingerprint density at radius 3 is 2.36 bits per heavy atom. The lowest BCUT2D eigenvalue weighted by Crippen LogP contribution is -2.42. The van der Waals surface area contributed by atoms with Gasteiger partial charge in [-0.1, -0.05) is 41.1 Å². The molecule has 0 bridgehead atoms. The molecule has 0 fully saturated rings. The van der Waals surface area contributed by atoms with Crippen LogP contribution in [0.25, 0.3) is 5.69 Å². The molecule has 0 unspecified atom stereocenters. The van der Waals surface area contributed by atoms with E-state index < -0.39 is 5.91 Å². The predicted octanol–water partition coefficient (Wildman–Crippen LogP) is 3.09. The lowest BCUT2D eigenvalue weighted by molar-refractivity contribution is -0.119. The fourth-order valence-corrected chi connectivity index (χ4v) is 3.32. The molecule has 0 saturated carbocycles. The number of hydrogen-bond acceptors (Lipinski definition) is 5. The second kappa shape index (κ2) is 8.90. The maximum Gasteiger partial charge on any atom is 0.269 e. The summed E-state index contributed by atoms with van der Waals surface area (Å²) >= 11 is 7.03. The normalized spacial score (nSPS) is 10.5. The number of nitrogens with zero attached hydrogens (tertiary/aromatic N) is 3. The average molecular weight is 416 g/mol. The monoisotopic (exact) mass is 415 g/mol. The Morgan fingerprint density at radius 1 is 1.00 bits per heavy atom. The first-order chi connectivity index (χ1) is 13.4. The molecule has 2 N–H and O–H groups in total. The Bertz CT molecular complexity index is 987. The van der Waals surface area contributed by atoms with E-state index in [4.69, 9.17) is 11.6 Å². The Balaban J connectivity index is 1.57. The van der Waals surface area contributed by atoms with E-state index in [2.05, 4.69) is 21.0 Å². The van der Waals surface area contributed by atoms with E-state index in [9.17, 15) is 9.59 Å². The van der Waals surface area contributed by atoms with Crippen LogP contribution in [0.15, 0.2) is 53.7 Å². The van der Waals surface area contributed by atoms with Gasteiger partial charge in [-0.25, -0.2) is 0 Å². The molecule has 0 spiro atoms. The summed E-state index contributed by atoms with van der Waals surface area (Å²) in [6, 6.07) is 14.3. The van der Waals surface area contributed by atoms with Gasteiger partial charge in [0.05, 0.1) is 5.75 Å². The van der Waals surface area contributed by atoms with Gasteiger partial charge in [0.1, 0.15) is 5.82 Å². The molecule has 1 aromatic heterocycles. The highest BCUT2D eigenvalue weighted by Gasteiger charge is 2.14. The number of aryl methyl sites for hydroxylation is 2. The Hall–Kier alpha value is -2.84. The topological polar surface area (TPSA) is 88.9 Å². The summed E-state index contributed by atoms with van der Waals surface area (Å²) in [4.78, 5) is 24.1. The molecule has 0 aliphatic rings. The second-order valence-electron chi connectivity index (χ2n) is 6.00. The van der Waals surface area contributed by atoms with Crippen LogP contribution in [0.1, 0.15) is 21.7 Å². The van der Waals surface area contributed by atoms with Crippen LogP contribution in [0.2, 0.25) is 5.02 Å². The molecule has 3 aromatic rings. The highest BCUT2D eigenvalue weighted by Crippen LogP contribution is 2.21. The minimum absolute atomic E-state index is 0.0743. The van der Waals surface area contributed by atoms with Crippen molar-refractivity contribution in [1.82, 2.24) is 25.6 Å². The molecule has 2 amide bonds. The van der Waals surface area contributed by atoms with E-state index in [1.165, 1.54) is 11.8 Å². The quantitative estimate of drug-likeness (QED) is 0.493. The number of carbonyl (C=O) groups excluding carboxylic acids is 2. The first-order valence-corrected chi connectivity index (χ1v) is 9.77. The maximum absolute atomic E-state index is 12.1. The van der Waals surface area contributed by atoms with Gasteiger partial charge in [0, 0.05) is 16.3 Å². The third kappa shape index (κ3) is 4.90. The molecular weight excluding hydrogens is 398 g/mol. The van der Waals surface area contributed by atoms with Crippen molar-refractivity contribution in [3.8, 4) is 5.69 Å². The maximum atomic E-state index is 12.1. The summed E-state index contributed by atoms with van der Waals surface area (Å²) in [6.45, 7) is 3.87. The van der Waals surface area contributed by atoms with E-state index in [0.717, 1.165) is 17.1 Å². The number of halogens is 1. The van der Waals surface area contributed by atoms with Crippen molar-refractivity contribution in [3.05, 3.63) is 70.5 Å². The molecule has 0 radical (unpaired) electrons. The lowest BCUT2D eigenvalue weighted by atomic mass is 10.2. The van der Waals surface area contributed by atoms with Crippen molar-refractivity contribution < 1.29 is 9.59 Å².